The minimum atomic E-state index is 0.0841. The Morgan fingerprint density at radius 1 is 1.32 bits per heavy atom. The summed E-state index contributed by atoms with van der Waals surface area (Å²) in [6.07, 6.45) is 1.20. The number of rotatable bonds is 2. The van der Waals surface area contributed by atoms with E-state index < -0.39 is 0 Å². The molecule has 0 aromatic carbocycles. The highest BCUT2D eigenvalue weighted by Gasteiger charge is 2.31. The second kappa shape index (κ2) is 5.35. The van der Waals surface area contributed by atoms with Gasteiger partial charge in [0.25, 0.3) is 5.91 Å². The van der Waals surface area contributed by atoms with E-state index in [0.717, 1.165) is 13.1 Å². The quantitative estimate of drug-likeness (QED) is 0.824. The number of hydrogen-bond acceptors (Lipinski definition) is 3. The number of carbonyl (C=O) groups excluding carboxylic acids is 1. The van der Waals surface area contributed by atoms with Gasteiger partial charge in [-0.3, -0.25) is 4.79 Å². The Bertz CT molecular complexity index is 455. The van der Waals surface area contributed by atoms with Crippen LogP contribution in [0.25, 0.3) is 0 Å². The molecule has 2 atom stereocenters. The smallest absolute Gasteiger partial charge is 0.259 e. The van der Waals surface area contributed by atoms with Gasteiger partial charge in [0.15, 0.2) is 5.76 Å². The lowest BCUT2D eigenvalue weighted by Crippen LogP contribution is -2.43. The normalized spacial score (nSPS) is 24.0. The van der Waals surface area contributed by atoms with Crippen molar-refractivity contribution < 1.29 is 9.32 Å². The van der Waals surface area contributed by atoms with Crippen LogP contribution in [-0.2, 0) is 0 Å². The van der Waals surface area contributed by atoms with E-state index in [-0.39, 0.29) is 11.8 Å². The summed E-state index contributed by atoms with van der Waals surface area (Å²) in [6, 6.07) is 0. The highest BCUT2D eigenvalue weighted by molar-refractivity contribution is 5.96. The molecule has 1 saturated heterocycles. The fourth-order valence-corrected chi connectivity index (χ4v) is 3.03. The van der Waals surface area contributed by atoms with E-state index >= 15 is 0 Å². The first-order chi connectivity index (χ1) is 8.90. The molecule has 1 amide bonds. The zero-order valence-electron chi connectivity index (χ0n) is 12.6. The summed E-state index contributed by atoms with van der Waals surface area (Å²) >= 11 is 0. The van der Waals surface area contributed by atoms with Crippen molar-refractivity contribution in [3.8, 4) is 0 Å². The molecule has 19 heavy (non-hydrogen) atoms. The van der Waals surface area contributed by atoms with Crippen molar-refractivity contribution >= 4 is 5.91 Å². The zero-order valence-corrected chi connectivity index (χ0v) is 12.6. The van der Waals surface area contributed by atoms with Crippen molar-refractivity contribution in [2.75, 3.05) is 13.1 Å². The Hall–Kier alpha value is -1.32. The lowest BCUT2D eigenvalue weighted by molar-refractivity contribution is 0.0619. The van der Waals surface area contributed by atoms with Crippen LogP contribution in [0.3, 0.4) is 0 Å². The number of nitrogens with zero attached hydrogens (tertiary/aromatic N) is 2. The molecular weight excluding hydrogens is 240 g/mol. The Morgan fingerprint density at radius 3 is 2.42 bits per heavy atom. The molecule has 4 nitrogen and oxygen atoms in total. The summed E-state index contributed by atoms with van der Waals surface area (Å²) < 4.78 is 5.32. The molecule has 0 N–H and O–H groups in total. The monoisotopic (exact) mass is 264 g/mol. The number of carbonyl (C=O) groups is 1. The third-order valence-electron chi connectivity index (χ3n) is 3.78. The number of hydrogen-bond donors (Lipinski definition) is 0. The van der Waals surface area contributed by atoms with Gasteiger partial charge in [-0.2, -0.15) is 0 Å². The molecule has 0 saturated carbocycles. The maximum absolute atomic E-state index is 12.7. The molecule has 2 unspecified atom stereocenters. The van der Waals surface area contributed by atoms with Gasteiger partial charge < -0.3 is 9.42 Å². The summed E-state index contributed by atoms with van der Waals surface area (Å²) in [4.78, 5) is 14.7. The van der Waals surface area contributed by atoms with E-state index in [1.807, 2.05) is 25.7 Å². The van der Waals surface area contributed by atoms with Crippen molar-refractivity contribution in [1.82, 2.24) is 10.1 Å². The number of aryl methyl sites for hydroxylation is 1. The van der Waals surface area contributed by atoms with Gasteiger partial charge in [-0.05, 0) is 25.2 Å². The van der Waals surface area contributed by atoms with Crippen LogP contribution in [0.2, 0.25) is 0 Å². The first kappa shape index (κ1) is 14.1. The first-order valence-electron chi connectivity index (χ1n) is 7.15. The lowest BCUT2D eigenvalue weighted by Gasteiger charge is -2.35. The van der Waals surface area contributed by atoms with Crippen LogP contribution < -0.4 is 0 Å². The van der Waals surface area contributed by atoms with E-state index in [0.29, 0.717) is 28.9 Å². The van der Waals surface area contributed by atoms with Crippen LogP contribution >= 0.6 is 0 Å². The van der Waals surface area contributed by atoms with Gasteiger partial charge in [0.05, 0.1) is 5.69 Å². The van der Waals surface area contributed by atoms with E-state index in [2.05, 4.69) is 19.0 Å². The topological polar surface area (TPSA) is 46.3 Å². The summed E-state index contributed by atoms with van der Waals surface area (Å²) in [6.45, 7) is 12.0. The Balaban J connectivity index is 2.26. The summed E-state index contributed by atoms with van der Waals surface area (Å²) in [5.74, 6) is 2.11. The minimum absolute atomic E-state index is 0.0841. The zero-order chi connectivity index (χ0) is 14.2. The number of aromatic nitrogens is 1. The molecule has 0 radical (unpaired) electrons. The molecule has 2 rings (SSSR count). The molecule has 0 spiro atoms. The molecule has 1 aromatic heterocycles. The van der Waals surface area contributed by atoms with Crippen molar-refractivity contribution in [2.24, 2.45) is 11.8 Å². The number of likely N-dealkylation sites (tertiary alicyclic amines) is 1. The maximum Gasteiger partial charge on any atom is 0.259 e. The van der Waals surface area contributed by atoms with Gasteiger partial charge in [0.1, 0.15) is 5.56 Å². The fourth-order valence-electron chi connectivity index (χ4n) is 3.03. The van der Waals surface area contributed by atoms with Crippen LogP contribution in [0, 0.1) is 18.8 Å². The molecule has 2 heterocycles. The molecule has 0 aliphatic carbocycles. The van der Waals surface area contributed by atoms with E-state index in [4.69, 9.17) is 4.52 Å². The Morgan fingerprint density at radius 2 is 1.89 bits per heavy atom. The van der Waals surface area contributed by atoms with Crippen molar-refractivity contribution in [2.45, 2.75) is 47.0 Å². The highest BCUT2D eigenvalue weighted by Crippen LogP contribution is 2.27. The second-order valence-electron chi connectivity index (χ2n) is 6.32. The number of amides is 1. The molecule has 0 bridgehead atoms. The predicted octanol–water partition coefficient (Wildman–Crippen LogP) is 3.22. The van der Waals surface area contributed by atoms with Crippen molar-refractivity contribution in [3.05, 3.63) is 17.0 Å². The Kier molecular flexibility index (Phi) is 3.97. The fraction of sp³-hybridized carbons (Fsp3) is 0.733. The van der Waals surface area contributed by atoms with Gasteiger partial charge in [0, 0.05) is 19.0 Å². The molecule has 4 heteroatoms. The SMILES string of the molecule is Cc1noc(C(C)C)c1C(=O)N1CC(C)CC(C)C1. The summed E-state index contributed by atoms with van der Waals surface area (Å²) in [5, 5.41) is 3.97. The molecule has 1 fully saturated rings. The molecule has 1 aliphatic heterocycles. The van der Waals surface area contributed by atoms with Crippen molar-refractivity contribution in [3.63, 3.8) is 0 Å². The largest absolute Gasteiger partial charge is 0.360 e. The van der Waals surface area contributed by atoms with E-state index in [1.165, 1.54) is 6.42 Å². The third-order valence-corrected chi connectivity index (χ3v) is 3.78. The van der Waals surface area contributed by atoms with Crippen LogP contribution in [0.4, 0.5) is 0 Å². The number of piperidine rings is 1. The molecule has 1 aromatic rings. The van der Waals surface area contributed by atoms with Gasteiger partial charge >= 0.3 is 0 Å². The van der Waals surface area contributed by atoms with Gasteiger partial charge in [-0.1, -0.05) is 32.9 Å². The molecule has 1 aliphatic rings. The van der Waals surface area contributed by atoms with Crippen LogP contribution in [0.5, 0.6) is 0 Å². The Labute approximate surface area is 115 Å². The average molecular weight is 264 g/mol. The minimum Gasteiger partial charge on any atom is -0.360 e. The summed E-state index contributed by atoms with van der Waals surface area (Å²) in [7, 11) is 0. The average Bonchev–Trinajstić information content (AvgIpc) is 2.69. The van der Waals surface area contributed by atoms with E-state index in [9.17, 15) is 4.79 Å². The second-order valence-corrected chi connectivity index (χ2v) is 6.32. The van der Waals surface area contributed by atoms with Crippen molar-refractivity contribution in [1.29, 1.82) is 0 Å². The lowest BCUT2D eigenvalue weighted by atomic mass is 9.91. The maximum atomic E-state index is 12.7. The standard InChI is InChI=1S/C15H24N2O2/c1-9(2)14-13(12(5)16-19-14)15(18)17-7-10(3)6-11(4)8-17/h9-11H,6-8H2,1-5H3. The van der Waals surface area contributed by atoms with E-state index in [1.54, 1.807) is 0 Å². The van der Waals surface area contributed by atoms with Crippen LogP contribution in [0.15, 0.2) is 4.52 Å². The molecular formula is C15H24N2O2. The predicted molar refractivity (Wildman–Crippen MR) is 74.2 cm³/mol. The van der Waals surface area contributed by atoms with Gasteiger partial charge in [-0.25, -0.2) is 0 Å². The van der Waals surface area contributed by atoms with Crippen LogP contribution in [0.1, 0.15) is 61.8 Å². The highest BCUT2D eigenvalue weighted by atomic mass is 16.5. The van der Waals surface area contributed by atoms with Gasteiger partial charge in [-0.15, -0.1) is 0 Å². The van der Waals surface area contributed by atoms with Gasteiger partial charge in [0.2, 0.25) is 0 Å². The first-order valence-corrected chi connectivity index (χ1v) is 7.15. The summed E-state index contributed by atoms with van der Waals surface area (Å²) in [5.41, 5.74) is 1.39. The molecule has 106 valence electrons. The van der Waals surface area contributed by atoms with Crippen LogP contribution in [-0.4, -0.2) is 29.1 Å². The third kappa shape index (κ3) is 2.82.